The molecule has 1 aromatic rings. The number of amides is 1. The molecule has 0 radical (unpaired) electrons. The van der Waals surface area contributed by atoms with Gasteiger partial charge in [0.25, 0.3) is 0 Å². The summed E-state index contributed by atoms with van der Waals surface area (Å²) in [6.45, 7) is 1.94. The Kier molecular flexibility index (Phi) is 4.50. The zero-order valence-electron chi connectivity index (χ0n) is 12.4. The molecule has 1 fully saturated rings. The van der Waals surface area contributed by atoms with Crippen molar-refractivity contribution >= 4 is 11.9 Å². The minimum absolute atomic E-state index is 0.0351. The zero-order chi connectivity index (χ0) is 15.5. The lowest BCUT2D eigenvalue weighted by atomic mass is 9.76. The number of carboxylic acid groups (broad SMARTS) is 1. The van der Waals surface area contributed by atoms with Crippen molar-refractivity contribution in [2.24, 2.45) is 0 Å². The van der Waals surface area contributed by atoms with E-state index in [-0.39, 0.29) is 18.2 Å². The number of hydrogen-bond donors (Lipinski definition) is 2. The molecule has 21 heavy (non-hydrogen) atoms. The molecule has 0 spiro atoms. The van der Waals surface area contributed by atoms with Crippen LogP contribution in [-0.4, -0.2) is 29.6 Å². The van der Waals surface area contributed by atoms with Crippen molar-refractivity contribution in [1.82, 2.24) is 5.32 Å². The van der Waals surface area contributed by atoms with Crippen LogP contribution in [0.4, 0.5) is 0 Å². The Hall–Kier alpha value is -2.04. The largest absolute Gasteiger partial charge is 0.496 e. The molecule has 1 aliphatic rings. The van der Waals surface area contributed by atoms with Gasteiger partial charge in [-0.2, -0.15) is 0 Å². The highest BCUT2D eigenvalue weighted by molar-refractivity contribution is 5.88. The monoisotopic (exact) mass is 291 g/mol. The zero-order valence-corrected chi connectivity index (χ0v) is 12.4. The van der Waals surface area contributed by atoms with Crippen molar-refractivity contribution in [3.05, 3.63) is 29.8 Å². The molecule has 0 heterocycles. The third-order valence-electron chi connectivity index (χ3n) is 4.16. The van der Waals surface area contributed by atoms with Crippen LogP contribution in [0.5, 0.6) is 5.75 Å². The molecule has 5 nitrogen and oxygen atoms in total. The van der Waals surface area contributed by atoms with Crippen molar-refractivity contribution in [1.29, 1.82) is 0 Å². The SMILES string of the molecule is COc1ccccc1C(C)CC(=O)NC1(C(=O)O)CCC1. The summed E-state index contributed by atoms with van der Waals surface area (Å²) in [5.41, 5.74) is -0.0921. The molecular weight excluding hydrogens is 270 g/mol. The summed E-state index contributed by atoms with van der Waals surface area (Å²) in [6.07, 6.45) is 2.11. The van der Waals surface area contributed by atoms with Gasteiger partial charge in [-0.3, -0.25) is 4.79 Å². The molecule has 0 aromatic heterocycles. The lowest BCUT2D eigenvalue weighted by Crippen LogP contribution is -2.59. The van der Waals surface area contributed by atoms with E-state index in [4.69, 9.17) is 4.74 Å². The highest BCUT2D eigenvalue weighted by atomic mass is 16.5. The van der Waals surface area contributed by atoms with E-state index in [1.54, 1.807) is 7.11 Å². The molecular formula is C16H21NO4. The topological polar surface area (TPSA) is 75.6 Å². The molecule has 0 saturated heterocycles. The van der Waals surface area contributed by atoms with Crippen LogP contribution in [0.2, 0.25) is 0 Å². The minimum atomic E-state index is -1.04. The summed E-state index contributed by atoms with van der Waals surface area (Å²) < 4.78 is 5.29. The molecule has 0 aliphatic heterocycles. The molecule has 114 valence electrons. The molecule has 1 atom stereocenters. The van der Waals surface area contributed by atoms with Crippen LogP contribution >= 0.6 is 0 Å². The average Bonchev–Trinajstić information content (AvgIpc) is 2.42. The van der Waals surface area contributed by atoms with Crippen LogP contribution in [0, 0.1) is 0 Å². The summed E-state index contributed by atoms with van der Waals surface area (Å²) >= 11 is 0. The molecule has 1 aliphatic carbocycles. The summed E-state index contributed by atoms with van der Waals surface area (Å²) in [5.74, 6) is -0.455. The molecule has 5 heteroatoms. The number of benzene rings is 1. The van der Waals surface area contributed by atoms with Crippen LogP contribution in [0.25, 0.3) is 0 Å². The smallest absolute Gasteiger partial charge is 0.329 e. The van der Waals surface area contributed by atoms with Gasteiger partial charge in [0.15, 0.2) is 0 Å². The lowest BCUT2D eigenvalue weighted by Gasteiger charge is -2.38. The van der Waals surface area contributed by atoms with Gasteiger partial charge in [0, 0.05) is 6.42 Å². The fourth-order valence-corrected chi connectivity index (χ4v) is 2.70. The number of carboxylic acids is 1. The van der Waals surface area contributed by atoms with Gasteiger partial charge in [0.2, 0.25) is 5.91 Å². The quantitative estimate of drug-likeness (QED) is 0.843. The van der Waals surface area contributed by atoms with Gasteiger partial charge in [0.1, 0.15) is 11.3 Å². The first-order valence-electron chi connectivity index (χ1n) is 7.16. The van der Waals surface area contributed by atoms with Crippen molar-refractivity contribution in [3.63, 3.8) is 0 Å². The molecule has 1 saturated carbocycles. The van der Waals surface area contributed by atoms with Gasteiger partial charge in [-0.05, 0) is 36.8 Å². The molecule has 0 bridgehead atoms. The van der Waals surface area contributed by atoms with Gasteiger partial charge in [-0.1, -0.05) is 25.1 Å². The van der Waals surface area contributed by atoms with E-state index in [1.807, 2.05) is 31.2 Å². The van der Waals surface area contributed by atoms with Crippen LogP contribution in [0.1, 0.15) is 44.1 Å². The predicted molar refractivity (Wildman–Crippen MR) is 78.4 cm³/mol. The third-order valence-corrected chi connectivity index (χ3v) is 4.16. The second-order valence-corrected chi connectivity index (χ2v) is 5.64. The van der Waals surface area contributed by atoms with Gasteiger partial charge in [0.05, 0.1) is 7.11 Å². The maximum Gasteiger partial charge on any atom is 0.329 e. The van der Waals surface area contributed by atoms with E-state index in [9.17, 15) is 14.7 Å². The number of para-hydroxylation sites is 1. The Labute approximate surface area is 124 Å². The Bertz CT molecular complexity index is 537. The number of carbonyl (C=O) groups is 2. The first kappa shape index (κ1) is 15.4. The number of methoxy groups -OCH3 is 1. The first-order chi connectivity index (χ1) is 9.98. The maximum atomic E-state index is 12.1. The Morgan fingerprint density at radius 2 is 2.05 bits per heavy atom. The van der Waals surface area contributed by atoms with Gasteiger partial charge >= 0.3 is 5.97 Å². The van der Waals surface area contributed by atoms with Gasteiger partial charge in [-0.25, -0.2) is 4.79 Å². The van der Waals surface area contributed by atoms with Crippen molar-refractivity contribution in [3.8, 4) is 5.75 Å². The Balaban J connectivity index is 2.01. The minimum Gasteiger partial charge on any atom is -0.496 e. The molecule has 1 unspecified atom stereocenters. The first-order valence-corrected chi connectivity index (χ1v) is 7.16. The van der Waals surface area contributed by atoms with Gasteiger partial charge in [-0.15, -0.1) is 0 Å². The normalized spacial score (nSPS) is 17.4. The van der Waals surface area contributed by atoms with E-state index < -0.39 is 11.5 Å². The summed E-state index contributed by atoms with van der Waals surface area (Å²) in [6, 6.07) is 7.56. The van der Waals surface area contributed by atoms with E-state index in [0.717, 1.165) is 17.7 Å². The second kappa shape index (κ2) is 6.16. The number of rotatable bonds is 6. The number of carbonyl (C=O) groups excluding carboxylic acids is 1. The second-order valence-electron chi connectivity index (χ2n) is 5.64. The molecule has 1 aromatic carbocycles. The fraction of sp³-hybridized carbons (Fsp3) is 0.500. The highest BCUT2D eigenvalue weighted by Gasteiger charge is 2.45. The number of ether oxygens (including phenoxy) is 1. The third kappa shape index (κ3) is 3.17. The predicted octanol–water partition coefficient (Wildman–Crippen LogP) is 2.31. The van der Waals surface area contributed by atoms with Crippen molar-refractivity contribution in [2.45, 2.75) is 44.1 Å². The Morgan fingerprint density at radius 3 is 2.57 bits per heavy atom. The lowest BCUT2D eigenvalue weighted by molar-refractivity contribution is -0.151. The van der Waals surface area contributed by atoms with Crippen molar-refractivity contribution < 1.29 is 19.4 Å². The average molecular weight is 291 g/mol. The van der Waals surface area contributed by atoms with Crippen LogP contribution in [0.15, 0.2) is 24.3 Å². The van der Waals surface area contributed by atoms with Crippen LogP contribution < -0.4 is 10.1 Å². The number of nitrogens with one attached hydrogen (secondary N) is 1. The highest BCUT2D eigenvalue weighted by Crippen LogP contribution is 2.33. The van der Waals surface area contributed by atoms with E-state index in [1.165, 1.54) is 0 Å². The summed E-state index contributed by atoms with van der Waals surface area (Å²) in [7, 11) is 1.60. The molecule has 2 N–H and O–H groups in total. The summed E-state index contributed by atoms with van der Waals surface area (Å²) in [5, 5.41) is 11.9. The van der Waals surface area contributed by atoms with E-state index >= 15 is 0 Å². The maximum absolute atomic E-state index is 12.1. The molecule has 1 amide bonds. The van der Waals surface area contributed by atoms with E-state index in [0.29, 0.717) is 12.8 Å². The van der Waals surface area contributed by atoms with Crippen molar-refractivity contribution in [2.75, 3.05) is 7.11 Å². The van der Waals surface area contributed by atoms with Crippen LogP contribution in [-0.2, 0) is 9.59 Å². The number of hydrogen-bond acceptors (Lipinski definition) is 3. The molecule has 2 rings (SSSR count). The Morgan fingerprint density at radius 1 is 1.38 bits per heavy atom. The number of aliphatic carboxylic acids is 1. The summed E-state index contributed by atoms with van der Waals surface area (Å²) in [4.78, 5) is 23.4. The standard InChI is InChI=1S/C16H21NO4/c1-11(12-6-3-4-7-13(12)21-2)10-14(18)17-16(15(19)20)8-5-9-16/h3-4,6-7,11H,5,8-10H2,1-2H3,(H,17,18)(H,19,20). The fourth-order valence-electron chi connectivity index (χ4n) is 2.70. The van der Waals surface area contributed by atoms with Crippen LogP contribution in [0.3, 0.4) is 0 Å². The van der Waals surface area contributed by atoms with Gasteiger partial charge < -0.3 is 15.2 Å². The van der Waals surface area contributed by atoms with E-state index in [2.05, 4.69) is 5.32 Å².